The van der Waals surface area contributed by atoms with Crippen molar-refractivity contribution >= 4 is 10.0 Å². The van der Waals surface area contributed by atoms with Crippen LogP contribution in [0.4, 0.5) is 0 Å². The minimum atomic E-state index is -3.50. The molecule has 0 amide bonds. The van der Waals surface area contributed by atoms with Gasteiger partial charge in [0.2, 0.25) is 10.0 Å². The first-order valence-corrected chi connectivity index (χ1v) is 7.90. The molecule has 6 nitrogen and oxygen atoms in total. The Morgan fingerprint density at radius 2 is 1.90 bits per heavy atom. The molecule has 1 aliphatic rings. The zero-order valence-electron chi connectivity index (χ0n) is 11.1. The number of hydrogen-bond donors (Lipinski definition) is 1. The van der Waals surface area contributed by atoms with Crippen LogP contribution in [0.5, 0.6) is 0 Å². The fourth-order valence-corrected chi connectivity index (χ4v) is 2.98. The van der Waals surface area contributed by atoms with Crippen molar-refractivity contribution in [1.82, 2.24) is 9.62 Å². The molecule has 0 atom stereocenters. The average Bonchev–Trinajstić information content (AvgIpc) is 2.48. The van der Waals surface area contributed by atoms with Crippen LogP contribution in [0.25, 0.3) is 0 Å². The highest BCUT2D eigenvalue weighted by Crippen LogP contribution is 2.09. The second kappa shape index (κ2) is 6.81. The van der Waals surface area contributed by atoms with E-state index in [1.807, 2.05) is 6.07 Å². The molecule has 0 bridgehead atoms. The smallest absolute Gasteiger partial charge is 0.240 e. The lowest BCUT2D eigenvalue weighted by molar-refractivity contribution is 0.0390. The van der Waals surface area contributed by atoms with Gasteiger partial charge >= 0.3 is 0 Å². The predicted molar refractivity (Wildman–Crippen MR) is 73.6 cm³/mol. The largest absolute Gasteiger partial charge is 0.379 e. The first kappa shape index (κ1) is 14.9. The summed E-state index contributed by atoms with van der Waals surface area (Å²) in [7, 11) is -3.50. The van der Waals surface area contributed by atoms with E-state index in [0.29, 0.717) is 31.9 Å². The van der Waals surface area contributed by atoms with Crippen LogP contribution in [0.2, 0.25) is 0 Å². The van der Waals surface area contributed by atoms with Gasteiger partial charge in [0.1, 0.15) is 0 Å². The van der Waals surface area contributed by atoms with Crippen LogP contribution in [0.1, 0.15) is 5.56 Å². The summed E-state index contributed by atoms with van der Waals surface area (Å²) in [4.78, 5) is 2.34. The molecule has 1 N–H and O–H groups in total. The van der Waals surface area contributed by atoms with Gasteiger partial charge in [0.05, 0.1) is 29.7 Å². The second-order valence-electron chi connectivity index (χ2n) is 4.49. The number of hydrogen-bond acceptors (Lipinski definition) is 5. The van der Waals surface area contributed by atoms with Crippen molar-refractivity contribution < 1.29 is 13.2 Å². The fraction of sp³-hybridized carbons (Fsp3) is 0.462. The van der Waals surface area contributed by atoms with Gasteiger partial charge in [-0.05, 0) is 24.3 Å². The molecule has 1 aromatic rings. The number of ether oxygens (including phenoxy) is 1. The van der Waals surface area contributed by atoms with Gasteiger partial charge in [-0.2, -0.15) is 5.26 Å². The second-order valence-corrected chi connectivity index (χ2v) is 6.25. The topological polar surface area (TPSA) is 82.4 Å². The first-order valence-electron chi connectivity index (χ1n) is 6.42. The molecule has 0 radical (unpaired) electrons. The van der Waals surface area contributed by atoms with E-state index >= 15 is 0 Å². The Hall–Kier alpha value is -1.46. The Morgan fingerprint density at radius 3 is 2.50 bits per heavy atom. The van der Waals surface area contributed by atoms with Gasteiger partial charge in [0, 0.05) is 26.2 Å². The lowest BCUT2D eigenvalue weighted by atomic mass is 10.2. The molecule has 0 unspecified atom stereocenters. The minimum Gasteiger partial charge on any atom is -0.379 e. The number of benzene rings is 1. The summed E-state index contributed by atoms with van der Waals surface area (Å²) in [5.41, 5.74) is 0.442. The zero-order valence-corrected chi connectivity index (χ0v) is 11.9. The molecular formula is C13H17N3O3S. The summed E-state index contributed by atoms with van der Waals surface area (Å²) in [6.45, 7) is 4.09. The Kier molecular flexibility index (Phi) is 5.09. The standard InChI is InChI=1S/C13H17N3O3S/c14-11-12-1-3-13(4-2-12)20(17,18)15-5-6-16-7-9-19-10-8-16/h1-4,15H,5-10H2. The average molecular weight is 295 g/mol. The third-order valence-corrected chi connectivity index (χ3v) is 4.59. The van der Waals surface area contributed by atoms with Crippen molar-refractivity contribution in [2.24, 2.45) is 0 Å². The quantitative estimate of drug-likeness (QED) is 0.837. The number of nitriles is 1. The Labute approximate surface area is 119 Å². The molecule has 2 rings (SSSR count). The fourth-order valence-electron chi connectivity index (χ4n) is 1.95. The van der Waals surface area contributed by atoms with E-state index in [1.54, 1.807) is 0 Å². The van der Waals surface area contributed by atoms with Crippen molar-refractivity contribution in [1.29, 1.82) is 5.26 Å². The van der Waals surface area contributed by atoms with Crippen molar-refractivity contribution in [3.63, 3.8) is 0 Å². The highest BCUT2D eigenvalue weighted by atomic mass is 32.2. The summed E-state index contributed by atoms with van der Waals surface area (Å²) >= 11 is 0. The Bertz CT molecular complexity index is 572. The predicted octanol–water partition coefficient (Wildman–Crippen LogP) is 0.169. The highest BCUT2D eigenvalue weighted by molar-refractivity contribution is 7.89. The molecule has 0 aromatic heterocycles. The summed E-state index contributed by atoms with van der Waals surface area (Å²) < 4.78 is 31.9. The van der Waals surface area contributed by atoms with E-state index in [9.17, 15) is 8.42 Å². The maximum absolute atomic E-state index is 12.0. The van der Waals surface area contributed by atoms with Gasteiger partial charge < -0.3 is 4.74 Å². The van der Waals surface area contributed by atoms with E-state index in [-0.39, 0.29) is 4.90 Å². The van der Waals surface area contributed by atoms with Crippen molar-refractivity contribution in [2.75, 3.05) is 39.4 Å². The number of morpholine rings is 1. The van der Waals surface area contributed by atoms with Gasteiger partial charge in [-0.15, -0.1) is 0 Å². The van der Waals surface area contributed by atoms with Gasteiger partial charge in [-0.1, -0.05) is 0 Å². The zero-order chi connectivity index (χ0) is 14.4. The lowest BCUT2D eigenvalue weighted by Crippen LogP contribution is -2.41. The molecule has 0 saturated carbocycles. The van der Waals surface area contributed by atoms with Gasteiger partial charge in [0.15, 0.2) is 0 Å². The van der Waals surface area contributed by atoms with Gasteiger partial charge in [-0.25, -0.2) is 13.1 Å². The SMILES string of the molecule is N#Cc1ccc(S(=O)(=O)NCCN2CCOCC2)cc1. The van der Waals surface area contributed by atoms with Crippen molar-refractivity contribution in [3.05, 3.63) is 29.8 Å². The molecule has 1 aliphatic heterocycles. The molecule has 7 heteroatoms. The molecule has 1 aromatic carbocycles. The summed E-state index contributed by atoms with van der Waals surface area (Å²) in [5.74, 6) is 0. The number of sulfonamides is 1. The van der Waals surface area contributed by atoms with Gasteiger partial charge in [-0.3, -0.25) is 4.90 Å². The summed E-state index contributed by atoms with van der Waals surface area (Å²) in [6.07, 6.45) is 0. The van der Waals surface area contributed by atoms with Crippen LogP contribution in [0.15, 0.2) is 29.2 Å². The molecule has 0 spiro atoms. The molecular weight excluding hydrogens is 278 g/mol. The van der Waals surface area contributed by atoms with Crippen LogP contribution in [-0.2, 0) is 14.8 Å². The molecule has 1 fully saturated rings. The van der Waals surface area contributed by atoms with E-state index < -0.39 is 10.0 Å². The summed E-state index contributed by atoms with van der Waals surface area (Å²) in [6, 6.07) is 7.83. The molecule has 108 valence electrons. The van der Waals surface area contributed by atoms with Crippen LogP contribution in [0, 0.1) is 11.3 Å². The maximum atomic E-state index is 12.0. The third-order valence-electron chi connectivity index (χ3n) is 3.12. The highest BCUT2D eigenvalue weighted by Gasteiger charge is 2.15. The van der Waals surface area contributed by atoms with E-state index in [0.717, 1.165) is 13.1 Å². The van der Waals surface area contributed by atoms with Crippen LogP contribution >= 0.6 is 0 Å². The normalized spacial score (nSPS) is 16.8. The van der Waals surface area contributed by atoms with Crippen LogP contribution < -0.4 is 4.72 Å². The maximum Gasteiger partial charge on any atom is 0.240 e. The monoisotopic (exact) mass is 295 g/mol. The van der Waals surface area contributed by atoms with E-state index in [4.69, 9.17) is 10.00 Å². The number of rotatable bonds is 5. The van der Waals surface area contributed by atoms with Crippen molar-refractivity contribution in [3.8, 4) is 6.07 Å². The van der Waals surface area contributed by atoms with Crippen LogP contribution in [-0.4, -0.2) is 52.7 Å². The van der Waals surface area contributed by atoms with Crippen LogP contribution in [0.3, 0.4) is 0 Å². The van der Waals surface area contributed by atoms with E-state index in [2.05, 4.69) is 9.62 Å². The van der Waals surface area contributed by atoms with Gasteiger partial charge in [0.25, 0.3) is 0 Å². The molecule has 0 aliphatic carbocycles. The van der Waals surface area contributed by atoms with Crippen molar-refractivity contribution in [2.45, 2.75) is 4.90 Å². The molecule has 20 heavy (non-hydrogen) atoms. The molecule has 1 saturated heterocycles. The molecule has 1 heterocycles. The first-order chi connectivity index (χ1) is 9.62. The Balaban J connectivity index is 1.88. The number of nitrogens with zero attached hydrogens (tertiary/aromatic N) is 2. The Morgan fingerprint density at radius 1 is 1.25 bits per heavy atom. The minimum absolute atomic E-state index is 0.179. The van der Waals surface area contributed by atoms with E-state index in [1.165, 1.54) is 24.3 Å². The lowest BCUT2D eigenvalue weighted by Gasteiger charge is -2.26. The number of nitrogens with one attached hydrogen (secondary N) is 1. The third kappa shape index (κ3) is 4.02. The summed E-state index contributed by atoms with van der Waals surface area (Å²) in [5, 5.41) is 8.69.